The molecule has 0 unspecified atom stereocenters. The van der Waals surface area contributed by atoms with Gasteiger partial charge >= 0.3 is 0 Å². The molecule has 5 heterocycles. The quantitative estimate of drug-likeness (QED) is 0.146. The molecule has 10 aliphatic rings. The Hall–Kier alpha value is -11.4. The van der Waals surface area contributed by atoms with Gasteiger partial charge in [0.15, 0.2) is 23.3 Å². The van der Waals surface area contributed by atoms with E-state index < -0.39 is 0 Å². The van der Waals surface area contributed by atoms with Crippen LogP contribution in [0, 0.1) is 348 Å². The number of nitrogens with one attached hydrogen (secondary N) is 2. The Kier molecular flexibility index (Phi) is 18.2. The SMILES string of the molecule is C(#Cc1cc2cc3c(cc2cc1C#C[C]1[CH][CH][CH][CH]1)-c1nc-3nc2[nH]c(nc3nc(nc4[nH]c(n1)c1cc5cc(C#C[C]6[CH][CH][CH][CH]6)c(C#C[C]6[CH][CH][CH][CH]6)cc5cc41)-c1cc4cc(C#C[C]5[CH][CH][CH][CH]5)c(C#C[C]5[CH][CH][CH][CH]5)cc4cc1-3)c1cc3cc(C#C[C]4[CH][CH][CH][CH]4)c(C#C[C]4[CH][CH][CH][CH]4)cc3cc21)[C]1[CH][CH][CH][CH]1. The minimum atomic E-state index is 0.429. The zero-order valence-electron chi connectivity index (χ0n) is 59.4. The zero-order valence-corrected chi connectivity index (χ0v) is 59.4. The van der Waals surface area contributed by atoms with Gasteiger partial charge < -0.3 is 9.97 Å². The molecule has 506 valence electrons. The van der Waals surface area contributed by atoms with E-state index in [0.717, 1.165) is 179 Å². The number of fused-ring (bicyclic) bond motifs is 24. The van der Waals surface area contributed by atoms with E-state index >= 15 is 0 Å². The number of aromatic nitrogens is 8. The minimum absolute atomic E-state index is 0.429. The molecule has 0 atom stereocenters. The lowest BCUT2D eigenvalue weighted by Crippen LogP contribution is -1.92. The van der Waals surface area contributed by atoms with Crippen molar-refractivity contribution in [3.63, 3.8) is 0 Å². The van der Waals surface area contributed by atoms with Gasteiger partial charge in [0.1, 0.15) is 22.6 Å². The smallest absolute Gasteiger partial charge is 0.164 e. The molecule has 0 spiro atoms. The van der Waals surface area contributed by atoms with Crippen LogP contribution in [0.1, 0.15) is 44.5 Å². The number of hydrogen-bond donors (Lipinski definition) is 2. The van der Waals surface area contributed by atoms with Gasteiger partial charge in [-0.1, -0.05) is 94.7 Å². The van der Waals surface area contributed by atoms with Crippen LogP contribution >= 0.6 is 0 Å². The Morgan fingerprint density at radius 3 is 0.473 bits per heavy atom. The normalized spacial score (nSPS) is 18.1. The molecule has 8 aliphatic carbocycles. The first-order valence-corrected chi connectivity index (χ1v) is 36.5. The third-order valence-corrected chi connectivity index (χ3v) is 20.2. The molecule has 2 N–H and O–H groups in total. The van der Waals surface area contributed by atoms with Gasteiger partial charge in [-0.3, -0.25) is 0 Å². The van der Waals surface area contributed by atoms with Gasteiger partial charge in [0, 0.05) is 88.3 Å². The number of rotatable bonds is 0. The van der Waals surface area contributed by atoms with Crippen LogP contribution in [0.25, 0.3) is 133 Å². The van der Waals surface area contributed by atoms with Crippen molar-refractivity contribution in [2.45, 2.75) is 0 Å². The van der Waals surface area contributed by atoms with Crippen molar-refractivity contribution in [2.75, 3.05) is 0 Å². The Bertz CT molecular complexity index is 5750. The third kappa shape index (κ3) is 13.8. The maximum atomic E-state index is 5.67. The summed E-state index contributed by atoms with van der Waals surface area (Å²) in [5.74, 6) is 64.2. The first kappa shape index (κ1) is 68.7. The van der Waals surface area contributed by atoms with Gasteiger partial charge in [0.25, 0.3) is 0 Å². The molecule has 8 nitrogen and oxygen atoms in total. The summed E-state index contributed by atoms with van der Waals surface area (Å²) in [7, 11) is 0. The summed E-state index contributed by atoms with van der Waals surface area (Å²) in [6.07, 6.45) is 64.1. The van der Waals surface area contributed by atoms with Crippen LogP contribution in [-0.4, -0.2) is 39.9 Å². The van der Waals surface area contributed by atoms with Crippen LogP contribution in [0.15, 0.2) is 97.1 Å². The summed E-state index contributed by atoms with van der Waals surface area (Å²) in [6.45, 7) is 0. The standard InChI is InChI=1S/C104H50N8/c1-2-18-65(17-1)33-41-73-49-81-57-89-90(58-82(81)50-74(73)42-34-66-19-3-4-20-66)98-105-97(89)109-99-91-59-83-51-75(43-35-67-21-5-6-22-67)76(44-36-68-23-7-8-24-68)52-84(83)60-92(91)101(106-99)111-103-95-63-87-55-79(47-39-71-29-13-14-30-71)80(48-40-72-31-15-16-32-72)56-88(87)64-96(95)104(108-103)112-102-94-62-86-54-78(46-38-70-27-11-12-28-70)77(45-37-69-25-9-10-26-69)53-85(86)61-93(94)100(107-102)110-98/h1-32,49-64H,(H2,105,106,107,108,109,110,111,112). The average molecular weight is 1410 g/mol. The van der Waals surface area contributed by atoms with Crippen molar-refractivity contribution in [2.24, 2.45) is 0 Å². The number of hydrogen-bond acceptors (Lipinski definition) is 6. The second kappa shape index (κ2) is 29.7. The first-order valence-electron chi connectivity index (χ1n) is 36.5. The highest BCUT2D eigenvalue weighted by Gasteiger charge is 2.28. The van der Waals surface area contributed by atoms with Gasteiger partial charge in [-0.2, -0.15) is 0 Å². The minimum Gasteiger partial charge on any atom is -0.324 e. The largest absolute Gasteiger partial charge is 0.324 e. The molecule has 8 saturated carbocycles. The second-order valence-corrected chi connectivity index (χ2v) is 27.6. The number of H-pyrrole nitrogens is 2. The molecule has 0 saturated heterocycles. The molecular weight excluding hydrogens is 1360 g/mol. The van der Waals surface area contributed by atoms with Crippen LogP contribution < -0.4 is 0 Å². The molecule has 21 rings (SSSR count). The van der Waals surface area contributed by atoms with E-state index in [9.17, 15) is 0 Å². The lowest BCUT2D eigenvalue weighted by Gasteiger charge is -2.07. The summed E-state index contributed by atoms with van der Waals surface area (Å²) < 4.78 is 0. The molecule has 2 aliphatic heterocycles. The predicted octanol–water partition coefficient (Wildman–Crippen LogP) is 17.5. The molecule has 40 radical (unpaired) electrons. The summed E-state index contributed by atoms with van der Waals surface area (Å²) in [6, 6.07) is 34.2. The van der Waals surface area contributed by atoms with Crippen molar-refractivity contribution in [3.05, 3.63) is 394 Å². The van der Waals surface area contributed by atoms with Crippen molar-refractivity contribution in [3.8, 4) is 140 Å². The maximum absolute atomic E-state index is 5.67. The summed E-state index contributed by atoms with van der Waals surface area (Å²) in [4.78, 5) is 41.3. The molecular formula is C104H50N8. The van der Waals surface area contributed by atoms with E-state index in [-0.39, 0.29) is 0 Å². The summed E-state index contributed by atoms with van der Waals surface area (Å²) >= 11 is 0. The lowest BCUT2D eigenvalue weighted by molar-refractivity contribution is 1.19. The lowest BCUT2D eigenvalue weighted by atomic mass is 9.95. The zero-order chi connectivity index (χ0) is 74.0. The highest BCUT2D eigenvalue weighted by molar-refractivity contribution is 6.14. The van der Waals surface area contributed by atoms with Gasteiger partial charge in [-0.05, 0) is 346 Å². The monoisotopic (exact) mass is 1410 g/mol. The van der Waals surface area contributed by atoms with Crippen LogP contribution in [-0.2, 0) is 0 Å². The van der Waals surface area contributed by atoms with Gasteiger partial charge in [0.2, 0.25) is 0 Å². The van der Waals surface area contributed by atoms with Gasteiger partial charge in [-0.15, -0.1) is 0 Å². The highest BCUT2D eigenvalue weighted by atomic mass is 15.1. The summed E-state index contributed by atoms with van der Waals surface area (Å²) in [5, 5.41) is 10.5. The van der Waals surface area contributed by atoms with Crippen molar-refractivity contribution >= 4 is 87.2 Å². The topological polar surface area (TPSA) is 109 Å². The predicted molar refractivity (Wildman–Crippen MR) is 445 cm³/mol. The van der Waals surface area contributed by atoms with E-state index in [1.165, 1.54) is 0 Å². The molecule has 8 bridgehead atoms. The number of aromatic amines is 2. The maximum Gasteiger partial charge on any atom is 0.164 e. The fourth-order valence-corrected chi connectivity index (χ4v) is 14.6. The van der Waals surface area contributed by atoms with E-state index in [1.54, 1.807) is 0 Å². The molecule has 11 aromatic rings. The van der Waals surface area contributed by atoms with E-state index in [0.29, 0.717) is 45.9 Å². The van der Waals surface area contributed by atoms with E-state index in [1.807, 2.05) is 205 Å². The summed E-state index contributed by atoms with van der Waals surface area (Å²) in [5.41, 5.74) is 11.4. The molecule has 8 fully saturated rings. The van der Waals surface area contributed by atoms with Crippen molar-refractivity contribution in [1.82, 2.24) is 39.9 Å². The van der Waals surface area contributed by atoms with Crippen LogP contribution in [0.3, 0.4) is 0 Å². The number of nitrogens with zero attached hydrogens (tertiary/aromatic N) is 6. The van der Waals surface area contributed by atoms with Crippen LogP contribution in [0.2, 0.25) is 0 Å². The van der Waals surface area contributed by atoms with Gasteiger partial charge in [-0.25, -0.2) is 29.9 Å². The Balaban J connectivity index is 0.840. The molecule has 0 amide bonds. The highest BCUT2D eigenvalue weighted by Crippen LogP contribution is 2.44. The van der Waals surface area contributed by atoms with E-state index in [4.69, 9.17) is 29.9 Å². The number of benzene rings is 8. The second-order valence-electron chi connectivity index (χ2n) is 27.6. The fraction of sp³-hybridized carbons (Fsp3) is 0. The molecule has 112 heavy (non-hydrogen) atoms. The van der Waals surface area contributed by atoms with Gasteiger partial charge in [0.05, 0.1) is 47.3 Å². The van der Waals surface area contributed by atoms with Crippen molar-refractivity contribution < 1.29 is 0 Å². The molecule has 8 heteroatoms. The Labute approximate surface area is 657 Å². The molecule has 8 aromatic carbocycles. The van der Waals surface area contributed by atoms with Crippen LogP contribution in [0.4, 0.5) is 0 Å². The molecule has 3 aromatic heterocycles. The Morgan fingerprint density at radius 2 is 0.312 bits per heavy atom. The van der Waals surface area contributed by atoms with Crippen molar-refractivity contribution in [1.29, 1.82) is 0 Å². The van der Waals surface area contributed by atoms with Crippen LogP contribution in [0.5, 0.6) is 0 Å². The third-order valence-electron chi connectivity index (χ3n) is 20.2. The average Bonchev–Trinajstić information content (AvgIpc) is 1.58. The Morgan fingerprint density at radius 1 is 0.161 bits per heavy atom. The van der Waals surface area contributed by atoms with E-state index in [2.05, 4.69) is 202 Å². The fourth-order valence-electron chi connectivity index (χ4n) is 14.6. The first-order chi connectivity index (χ1) is 55.3.